The maximum Gasteiger partial charge on any atom is 0.518 e. The summed E-state index contributed by atoms with van der Waals surface area (Å²) in [5.74, 6) is -1.32. The van der Waals surface area contributed by atoms with E-state index >= 15 is 0 Å². The van der Waals surface area contributed by atoms with E-state index in [0.29, 0.717) is 0 Å². The van der Waals surface area contributed by atoms with Crippen LogP contribution in [0.1, 0.15) is 96.9 Å². The molecule has 2 N–H and O–H groups in total. The van der Waals surface area contributed by atoms with E-state index < -0.39 is 44.9 Å². The molecule has 3 rings (SSSR count). The molecule has 0 bridgehead atoms. The lowest BCUT2D eigenvalue weighted by Gasteiger charge is -2.22. The van der Waals surface area contributed by atoms with E-state index in [4.69, 9.17) is 9.47 Å². The zero-order valence-electron chi connectivity index (χ0n) is 32.5. The molecule has 0 atom stereocenters. The predicted molar refractivity (Wildman–Crippen MR) is 204 cm³/mol. The van der Waals surface area contributed by atoms with Crippen molar-refractivity contribution in [3.05, 3.63) is 84.9 Å². The number of halogens is 3. The van der Waals surface area contributed by atoms with Crippen molar-refractivity contribution in [3.63, 3.8) is 0 Å². The van der Waals surface area contributed by atoms with Crippen LogP contribution in [0.5, 0.6) is 0 Å². The van der Waals surface area contributed by atoms with Gasteiger partial charge in [-0.3, -0.25) is 10.6 Å². The second-order valence-corrected chi connectivity index (χ2v) is 12.5. The van der Waals surface area contributed by atoms with Crippen molar-refractivity contribution in [1.29, 1.82) is 0 Å². The van der Waals surface area contributed by atoms with E-state index in [0.717, 1.165) is 0 Å². The summed E-state index contributed by atoms with van der Waals surface area (Å²) in [5.41, 5.74) is -2.77. The topological polar surface area (TPSA) is 123 Å². The summed E-state index contributed by atoms with van der Waals surface area (Å²) >= 11 is 0. The SMILES string of the molecule is CC.CC.CC.CC.CC(C)(C)OC(=O)NC(=NS(=O)(=O)C(F)(F)F)NC(=O)OC(C)(C)C.c1ccc(-c2ccc(-c3ccccc3)cc2)cc1. The van der Waals surface area contributed by atoms with Crippen LogP contribution in [-0.2, 0) is 19.5 Å². The Kier molecular flexibility index (Phi) is 25.5. The van der Waals surface area contributed by atoms with E-state index in [1.54, 1.807) is 10.6 Å². The van der Waals surface area contributed by atoms with Crippen LogP contribution in [0.2, 0.25) is 0 Å². The van der Waals surface area contributed by atoms with Gasteiger partial charge in [-0.1, -0.05) is 140 Å². The highest BCUT2D eigenvalue weighted by atomic mass is 32.2. The van der Waals surface area contributed by atoms with Gasteiger partial charge in [0.25, 0.3) is 0 Å². The number of sulfonamides is 1. The lowest BCUT2D eigenvalue weighted by Crippen LogP contribution is -2.48. The number of ether oxygens (including phenoxy) is 2. The van der Waals surface area contributed by atoms with Gasteiger partial charge in [-0.05, 0) is 63.8 Å². The summed E-state index contributed by atoms with van der Waals surface area (Å²) in [4.78, 5) is 23.2. The van der Waals surface area contributed by atoms with Crippen molar-refractivity contribution in [2.24, 2.45) is 4.40 Å². The molecule has 3 aromatic carbocycles. The van der Waals surface area contributed by atoms with Gasteiger partial charge in [0.2, 0.25) is 5.96 Å². The number of rotatable bonds is 3. The molecule has 0 fully saturated rings. The minimum Gasteiger partial charge on any atom is -0.444 e. The summed E-state index contributed by atoms with van der Waals surface area (Å²) in [6.45, 7) is 24.7. The summed E-state index contributed by atoms with van der Waals surface area (Å²) in [5, 5.41) is 3.23. The van der Waals surface area contributed by atoms with Crippen LogP contribution in [0, 0.1) is 0 Å². The number of amides is 2. The smallest absolute Gasteiger partial charge is 0.444 e. The van der Waals surface area contributed by atoms with Crippen LogP contribution in [0.25, 0.3) is 22.3 Å². The molecule has 288 valence electrons. The summed E-state index contributed by atoms with van der Waals surface area (Å²) in [6, 6.07) is 29.6. The lowest BCUT2D eigenvalue weighted by atomic mass is 10.0. The van der Waals surface area contributed by atoms with Crippen molar-refractivity contribution in [3.8, 4) is 22.3 Å². The van der Waals surface area contributed by atoms with E-state index in [-0.39, 0.29) is 0 Å². The Balaban J connectivity index is -0.000000773. The molecular formula is C38H58F3N3O6S. The van der Waals surface area contributed by atoms with Crippen LogP contribution in [0.4, 0.5) is 22.8 Å². The van der Waals surface area contributed by atoms with Crippen LogP contribution in [-0.4, -0.2) is 43.3 Å². The van der Waals surface area contributed by atoms with E-state index in [1.165, 1.54) is 63.8 Å². The Hall–Kier alpha value is -4.39. The van der Waals surface area contributed by atoms with E-state index in [9.17, 15) is 31.2 Å². The highest BCUT2D eigenvalue weighted by molar-refractivity contribution is 7.91. The molecule has 0 spiro atoms. The van der Waals surface area contributed by atoms with Crippen LogP contribution in [0.3, 0.4) is 0 Å². The Morgan fingerprint density at radius 3 is 1.02 bits per heavy atom. The second kappa shape index (κ2) is 25.5. The maximum absolute atomic E-state index is 12.4. The highest BCUT2D eigenvalue weighted by Gasteiger charge is 2.46. The first kappa shape index (κ1) is 51.0. The highest BCUT2D eigenvalue weighted by Crippen LogP contribution is 2.25. The van der Waals surface area contributed by atoms with Crippen molar-refractivity contribution in [1.82, 2.24) is 10.6 Å². The van der Waals surface area contributed by atoms with Gasteiger partial charge in [0.15, 0.2) is 0 Å². The van der Waals surface area contributed by atoms with Gasteiger partial charge < -0.3 is 9.47 Å². The molecule has 2 amide bonds. The Bertz CT molecular complexity index is 1410. The first-order valence-corrected chi connectivity index (χ1v) is 18.3. The van der Waals surface area contributed by atoms with Crippen molar-refractivity contribution < 1.29 is 40.7 Å². The molecule has 0 radical (unpaired) electrons. The lowest BCUT2D eigenvalue weighted by molar-refractivity contribution is -0.0435. The first-order chi connectivity index (χ1) is 23.8. The van der Waals surface area contributed by atoms with Gasteiger partial charge in [-0.25, -0.2) is 9.59 Å². The number of alkyl carbamates (subject to hydrolysis) is 2. The van der Waals surface area contributed by atoms with Crippen LogP contribution < -0.4 is 10.6 Å². The third kappa shape index (κ3) is 22.9. The number of alkyl halides is 3. The zero-order chi connectivity index (χ0) is 40.5. The van der Waals surface area contributed by atoms with E-state index in [1.807, 2.05) is 67.5 Å². The third-order valence-electron chi connectivity index (χ3n) is 4.84. The number of carbonyl (C=O) groups excluding carboxylic acids is 2. The molecule has 0 heterocycles. The number of nitrogens with one attached hydrogen (secondary N) is 2. The second-order valence-electron chi connectivity index (χ2n) is 10.9. The average molecular weight is 742 g/mol. The fraction of sp³-hybridized carbons (Fsp3) is 0.447. The molecule has 0 saturated carbocycles. The molecule has 13 heteroatoms. The number of guanidine groups is 1. The molecule has 0 unspecified atom stereocenters. The molecule has 0 aliphatic carbocycles. The zero-order valence-corrected chi connectivity index (χ0v) is 33.3. The molecule has 0 aromatic heterocycles. The van der Waals surface area contributed by atoms with Gasteiger partial charge in [-0.15, -0.1) is 4.40 Å². The van der Waals surface area contributed by atoms with Gasteiger partial charge >= 0.3 is 27.7 Å². The number of hydrogen-bond donors (Lipinski definition) is 2. The molecule has 0 aliphatic rings. The predicted octanol–water partition coefficient (Wildman–Crippen LogP) is 11.4. The summed E-state index contributed by atoms with van der Waals surface area (Å²) < 4.78 is 71.3. The minimum atomic E-state index is -6.03. The fourth-order valence-electron chi connectivity index (χ4n) is 3.17. The van der Waals surface area contributed by atoms with Crippen LogP contribution >= 0.6 is 0 Å². The first-order valence-electron chi connectivity index (χ1n) is 16.9. The summed E-state index contributed by atoms with van der Waals surface area (Å²) in [7, 11) is -6.03. The van der Waals surface area contributed by atoms with Gasteiger partial charge in [0.1, 0.15) is 11.2 Å². The largest absolute Gasteiger partial charge is 0.518 e. The van der Waals surface area contributed by atoms with Gasteiger partial charge in [0, 0.05) is 0 Å². The molecule has 51 heavy (non-hydrogen) atoms. The number of benzene rings is 3. The number of carbonyl (C=O) groups is 2. The molecular weight excluding hydrogens is 683 g/mol. The monoisotopic (exact) mass is 741 g/mol. The van der Waals surface area contributed by atoms with Crippen molar-refractivity contribution in [2.75, 3.05) is 0 Å². The standard InChI is InChI=1S/C18H14.C12H20F3N3O6S.4C2H6/c1-3-7-15(8-4-1)17-11-13-18(14-12-17)16-9-5-2-6-10-16;1-10(2,3)23-8(19)16-7(17-9(20)24-11(4,5)6)18-25(21,22)12(13,14)15;4*1-2/h1-14H;1-6H3,(H2,16,17,18,19,20);4*1-2H3. The van der Waals surface area contributed by atoms with Gasteiger partial charge in [-0.2, -0.15) is 21.6 Å². The van der Waals surface area contributed by atoms with Crippen molar-refractivity contribution in [2.45, 2.75) is 114 Å². The average Bonchev–Trinajstić information content (AvgIpc) is 3.07. The Morgan fingerprint density at radius 1 is 0.529 bits per heavy atom. The van der Waals surface area contributed by atoms with Crippen molar-refractivity contribution >= 4 is 28.2 Å². The van der Waals surface area contributed by atoms with Gasteiger partial charge in [0.05, 0.1) is 0 Å². The maximum atomic E-state index is 12.4. The molecule has 0 aliphatic heterocycles. The molecule has 9 nitrogen and oxygen atoms in total. The number of hydrogen-bond acceptors (Lipinski definition) is 6. The number of nitrogens with zero attached hydrogens (tertiary/aromatic N) is 1. The van der Waals surface area contributed by atoms with Crippen LogP contribution in [0.15, 0.2) is 89.3 Å². The molecule has 3 aromatic rings. The third-order valence-corrected chi connectivity index (χ3v) is 5.85. The normalized spacial score (nSPS) is 10.4. The molecule has 0 saturated heterocycles. The summed E-state index contributed by atoms with van der Waals surface area (Å²) in [6.07, 6.45) is -2.67. The Labute approximate surface area is 304 Å². The fourth-order valence-corrected chi connectivity index (χ4v) is 3.60. The van der Waals surface area contributed by atoms with E-state index in [2.05, 4.69) is 77.2 Å². The Morgan fingerprint density at radius 2 is 0.784 bits per heavy atom. The quantitative estimate of drug-likeness (QED) is 0.203. The minimum absolute atomic E-state index is 1.04.